The normalized spacial score (nSPS) is 25.0. The lowest BCUT2D eigenvalue weighted by atomic mass is 10.2. The number of nitrogens with zero attached hydrogens (tertiary/aromatic N) is 2. The smallest absolute Gasteiger partial charge is 0.191 e. The number of rotatable bonds is 6. The summed E-state index contributed by atoms with van der Waals surface area (Å²) in [4.78, 5) is 6.77. The van der Waals surface area contributed by atoms with Crippen molar-refractivity contribution >= 4 is 5.96 Å². The summed E-state index contributed by atoms with van der Waals surface area (Å²) >= 11 is 0. The summed E-state index contributed by atoms with van der Waals surface area (Å²) in [5.41, 5.74) is 0. The van der Waals surface area contributed by atoms with Gasteiger partial charge in [0.2, 0.25) is 0 Å². The van der Waals surface area contributed by atoms with Crippen LogP contribution in [-0.2, 0) is 4.74 Å². The Kier molecular flexibility index (Phi) is 6.10. The quantitative estimate of drug-likeness (QED) is 0.562. The van der Waals surface area contributed by atoms with Gasteiger partial charge >= 0.3 is 0 Å². The van der Waals surface area contributed by atoms with E-state index in [0.29, 0.717) is 0 Å². The molecule has 2 fully saturated rings. The van der Waals surface area contributed by atoms with Gasteiger partial charge in [0, 0.05) is 39.8 Å². The maximum atomic E-state index is 5.84. The van der Waals surface area contributed by atoms with Crippen molar-refractivity contribution in [2.75, 3.05) is 46.4 Å². The molecule has 116 valence electrons. The molecule has 0 aromatic rings. The van der Waals surface area contributed by atoms with E-state index in [-0.39, 0.29) is 6.10 Å². The first-order valence-corrected chi connectivity index (χ1v) is 7.96. The second-order valence-electron chi connectivity index (χ2n) is 6.42. The Hall–Kier alpha value is -0.810. The predicted octanol–water partition coefficient (Wildman–Crippen LogP) is 0.918. The molecule has 1 aliphatic heterocycles. The number of hydrogen-bond acceptors (Lipinski definition) is 3. The number of guanidine groups is 1. The molecule has 0 aromatic heterocycles. The molecular formula is C15H30N4O. The van der Waals surface area contributed by atoms with E-state index in [1.54, 1.807) is 0 Å². The lowest BCUT2D eigenvalue weighted by Gasteiger charge is -2.34. The van der Waals surface area contributed by atoms with Gasteiger partial charge in [0.05, 0.1) is 12.7 Å². The molecule has 0 bridgehead atoms. The molecule has 0 aromatic carbocycles. The van der Waals surface area contributed by atoms with Crippen molar-refractivity contribution < 1.29 is 4.74 Å². The maximum absolute atomic E-state index is 5.84. The van der Waals surface area contributed by atoms with Gasteiger partial charge in [-0.3, -0.25) is 9.89 Å². The minimum Gasteiger partial charge on any atom is -0.374 e. The molecule has 2 N–H and O–H groups in total. The highest BCUT2D eigenvalue weighted by Crippen LogP contribution is 2.27. The first-order chi connectivity index (χ1) is 9.67. The van der Waals surface area contributed by atoms with Gasteiger partial charge in [0.1, 0.15) is 0 Å². The molecule has 1 heterocycles. The first kappa shape index (κ1) is 15.6. The van der Waals surface area contributed by atoms with Gasteiger partial charge in [-0.25, -0.2) is 0 Å². The van der Waals surface area contributed by atoms with Crippen LogP contribution in [0.15, 0.2) is 4.99 Å². The van der Waals surface area contributed by atoms with Crippen LogP contribution in [0.1, 0.15) is 26.7 Å². The minimum absolute atomic E-state index is 0.266. The van der Waals surface area contributed by atoms with Crippen LogP contribution in [0.3, 0.4) is 0 Å². The fraction of sp³-hybridized carbons (Fsp3) is 0.933. The molecule has 0 radical (unpaired) electrons. The van der Waals surface area contributed by atoms with E-state index in [1.165, 1.54) is 12.8 Å². The van der Waals surface area contributed by atoms with Crippen LogP contribution in [0.4, 0.5) is 0 Å². The van der Waals surface area contributed by atoms with Crippen molar-refractivity contribution in [3.8, 4) is 0 Å². The third kappa shape index (κ3) is 5.67. The van der Waals surface area contributed by atoms with Crippen LogP contribution in [0.25, 0.3) is 0 Å². The van der Waals surface area contributed by atoms with Crippen LogP contribution in [-0.4, -0.2) is 63.3 Å². The molecule has 5 heteroatoms. The minimum atomic E-state index is 0.266. The average Bonchev–Trinajstić information content (AvgIpc) is 3.23. The fourth-order valence-corrected chi connectivity index (χ4v) is 2.58. The van der Waals surface area contributed by atoms with Crippen molar-refractivity contribution in [2.24, 2.45) is 16.8 Å². The SMILES string of the molecule is CN=C(NCC1CC1)NCC1CN(CC(C)C)CCO1. The zero-order valence-electron chi connectivity index (χ0n) is 13.2. The Balaban J connectivity index is 1.66. The van der Waals surface area contributed by atoms with Gasteiger partial charge < -0.3 is 15.4 Å². The molecule has 2 aliphatic rings. The third-order valence-electron chi connectivity index (χ3n) is 3.82. The van der Waals surface area contributed by atoms with Crippen molar-refractivity contribution in [1.29, 1.82) is 0 Å². The molecule has 1 saturated carbocycles. The molecule has 2 rings (SSSR count). The molecule has 0 spiro atoms. The van der Waals surface area contributed by atoms with E-state index >= 15 is 0 Å². The van der Waals surface area contributed by atoms with Gasteiger partial charge in [0.15, 0.2) is 5.96 Å². The predicted molar refractivity (Wildman–Crippen MR) is 83.1 cm³/mol. The molecule has 0 amide bonds. The Bertz CT molecular complexity index is 315. The summed E-state index contributed by atoms with van der Waals surface area (Å²) in [6.07, 6.45) is 2.99. The largest absolute Gasteiger partial charge is 0.374 e. The summed E-state index contributed by atoms with van der Waals surface area (Å²) in [5, 5.41) is 6.77. The van der Waals surface area contributed by atoms with E-state index in [1.807, 2.05) is 7.05 Å². The van der Waals surface area contributed by atoms with E-state index in [9.17, 15) is 0 Å². The van der Waals surface area contributed by atoms with Gasteiger partial charge in [-0.2, -0.15) is 0 Å². The first-order valence-electron chi connectivity index (χ1n) is 7.96. The monoisotopic (exact) mass is 282 g/mol. The van der Waals surface area contributed by atoms with E-state index < -0.39 is 0 Å². The summed E-state index contributed by atoms with van der Waals surface area (Å²) < 4.78 is 5.84. The summed E-state index contributed by atoms with van der Waals surface area (Å²) in [7, 11) is 1.83. The standard InChI is InChI=1S/C15H30N4O/c1-12(2)10-19-6-7-20-14(11-19)9-18-15(16-3)17-8-13-4-5-13/h12-14H,4-11H2,1-3H3,(H2,16,17,18). The lowest BCUT2D eigenvalue weighted by Crippen LogP contribution is -2.50. The number of hydrogen-bond donors (Lipinski definition) is 2. The van der Waals surface area contributed by atoms with Crippen molar-refractivity contribution in [3.05, 3.63) is 0 Å². The Labute approximate surface area is 123 Å². The van der Waals surface area contributed by atoms with Gasteiger partial charge in [-0.1, -0.05) is 13.8 Å². The number of ether oxygens (including phenoxy) is 1. The molecular weight excluding hydrogens is 252 g/mol. The van der Waals surface area contributed by atoms with Gasteiger partial charge in [0.25, 0.3) is 0 Å². The number of nitrogens with one attached hydrogen (secondary N) is 2. The van der Waals surface area contributed by atoms with Crippen LogP contribution >= 0.6 is 0 Å². The van der Waals surface area contributed by atoms with Crippen LogP contribution in [0.2, 0.25) is 0 Å². The molecule has 5 nitrogen and oxygen atoms in total. The Morgan fingerprint density at radius 1 is 1.30 bits per heavy atom. The number of morpholine rings is 1. The van der Waals surface area contributed by atoms with E-state index in [0.717, 1.165) is 57.1 Å². The second kappa shape index (κ2) is 7.84. The zero-order chi connectivity index (χ0) is 14.4. The topological polar surface area (TPSA) is 48.9 Å². The molecule has 20 heavy (non-hydrogen) atoms. The Morgan fingerprint density at radius 3 is 2.70 bits per heavy atom. The van der Waals surface area contributed by atoms with E-state index in [2.05, 4.69) is 34.4 Å². The molecule has 1 unspecified atom stereocenters. The number of aliphatic imine (C=N–C) groups is 1. The summed E-state index contributed by atoms with van der Waals surface area (Å²) in [6, 6.07) is 0. The van der Waals surface area contributed by atoms with Gasteiger partial charge in [-0.05, 0) is 24.7 Å². The van der Waals surface area contributed by atoms with Crippen molar-refractivity contribution in [2.45, 2.75) is 32.8 Å². The molecule has 1 saturated heterocycles. The zero-order valence-corrected chi connectivity index (χ0v) is 13.2. The van der Waals surface area contributed by atoms with Gasteiger partial charge in [-0.15, -0.1) is 0 Å². The Morgan fingerprint density at radius 2 is 2.05 bits per heavy atom. The van der Waals surface area contributed by atoms with Crippen LogP contribution < -0.4 is 10.6 Å². The summed E-state index contributed by atoms with van der Waals surface area (Å²) in [6.45, 7) is 10.5. The fourth-order valence-electron chi connectivity index (χ4n) is 2.58. The average molecular weight is 282 g/mol. The summed E-state index contributed by atoms with van der Waals surface area (Å²) in [5.74, 6) is 2.48. The molecule has 1 aliphatic carbocycles. The maximum Gasteiger partial charge on any atom is 0.191 e. The highest BCUT2D eigenvalue weighted by molar-refractivity contribution is 5.79. The molecule has 1 atom stereocenters. The highest BCUT2D eigenvalue weighted by Gasteiger charge is 2.23. The highest BCUT2D eigenvalue weighted by atomic mass is 16.5. The second-order valence-corrected chi connectivity index (χ2v) is 6.42. The van der Waals surface area contributed by atoms with E-state index in [4.69, 9.17) is 4.74 Å². The van der Waals surface area contributed by atoms with Crippen molar-refractivity contribution in [1.82, 2.24) is 15.5 Å². The third-order valence-corrected chi connectivity index (χ3v) is 3.82. The van der Waals surface area contributed by atoms with Crippen molar-refractivity contribution in [3.63, 3.8) is 0 Å². The lowest BCUT2D eigenvalue weighted by molar-refractivity contribution is -0.0284. The van der Waals surface area contributed by atoms with Crippen LogP contribution in [0, 0.1) is 11.8 Å². The van der Waals surface area contributed by atoms with Crippen LogP contribution in [0.5, 0.6) is 0 Å².